The molecule has 3 nitrogen and oxygen atoms in total. The summed E-state index contributed by atoms with van der Waals surface area (Å²) in [4.78, 5) is 23.4. The highest BCUT2D eigenvalue weighted by molar-refractivity contribution is 8.01. The number of hydrogen-bond acceptors (Lipinski definition) is 3. The van der Waals surface area contributed by atoms with E-state index < -0.39 is 4.75 Å². The van der Waals surface area contributed by atoms with Crippen LogP contribution in [-0.2, 0) is 9.59 Å². The number of imide groups is 1. The summed E-state index contributed by atoms with van der Waals surface area (Å²) in [5.41, 5.74) is 0. The molecule has 0 spiro atoms. The Morgan fingerprint density at radius 3 is 3.20 bits per heavy atom. The Balaban J connectivity index is 2.33. The predicted octanol–water partition coefficient (Wildman–Crippen LogP) is 1.27. The lowest BCUT2D eigenvalue weighted by Gasteiger charge is -2.29. The average molecular weight is 223 g/mol. The largest absolute Gasteiger partial charge is 0.295 e. The van der Waals surface area contributed by atoms with Gasteiger partial charge in [-0.25, -0.2) is 0 Å². The maximum atomic E-state index is 11.8. The second-order valence-electron chi connectivity index (χ2n) is 3.74. The van der Waals surface area contributed by atoms with Crippen molar-refractivity contribution in [3.05, 3.63) is 24.8 Å². The van der Waals surface area contributed by atoms with Crippen LogP contribution >= 0.6 is 11.8 Å². The smallest absolute Gasteiger partial charge is 0.247 e. The molecule has 1 fully saturated rings. The molecule has 1 heterocycles. The molecular weight excluding hydrogens is 210 g/mol. The Morgan fingerprint density at radius 2 is 2.47 bits per heavy atom. The van der Waals surface area contributed by atoms with Crippen molar-refractivity contribution in [2.24, 2.45) is 5.92 Å². The van der Waals surface area contributed by atoms with Crippen molar-refractivity contribution in [3.63, 3.8) is 0 Å². The number of nitrogens with one attached hydrogen (secondary N) is 1. The van der Waals surface area contributed by atoms with Gasteiger partial charge in [0, 0.05) is 5.75 Å². The van der Waals surface area contributed by atoms with Crippen molar-refractivity contribution >= 4 is 23.6 Å². The van der Waals surface area contributed by atoms with E-state index in [2.05, 4.69) is 11.9 Å². The van der Waals surface area contributed by atoms with E-state index in [1.165, 1.54) is 11.8 Å². The first kappa shape index (κ1) is 10.5. The van der Waals surface area contributed by atoms with Gasteiger partial charge in [-0.15, -0.1) is 18.3 Å². The number of carbonyl (C=O) groups excluding carboxylic acids is 2. The van der Waals surface area contributed by atoms with Gasteiger partial charge in [-0.3, -0.25) is 14.9 Å². The van der Waals surface area contributed by atoms with Gasteiger partial charge in [-0.1, -0.05) is 18.2 Å². The first-order valence-corrected chi connectivity index (χ1v) is 5.97. The van der Waals surface area contributed by atoms with Gasteiger partial charge < -0.3 is 0 Å². The summed E-state index contributed by atoms with van der Waals surface area (Å²) in [5, 5.41) is 2.42. The van der Waals surface area contributed by atoms with Gasteiger partial charge in [-0.05, 0) is 12.8 Å². The van der Waals surface area contributed by atoms with Crippen molar-refractivity contribution in [2.45, 2.75) is 17.6 Å². The summed E-state index contributed by atoms with van der Waals surface area (Å²) in [6.45, 7) is 3.64. The Morgan fingerprint density at radius 1 is 1.67 bits per heavy atom. The summed E-state index contributed by atoms with van der Waals surface area (Å²) < 4.78 is -0.663. The number of carbonyl (C=O) groups is 2. The van der Waals surface area contributed by atoms with Gasteiger partial charge in [0.2, 0.25) is 11.8 Å². The van der Waals surface area contributed by atoms with E-state index in [-0.39, 0.29) is 17.7 Å². The molecule has 4 heteroatoms. The van der Waals surface area contributed by atoms with Crippen LogP contribution in [0.4, 0.5) is 0 Å². The molecule has 2 unspecified atom stereocenters. The minimum absolute atomic E-state index is 0.124. The Kier molecular flexibility index (Phi) is 2.69. The molecule has 0 aromatic heterocycles. The standard InChI is InChI=1S/C11H13NO2S/c1-2-7-15-11-6-4-3-5-8(11)9(13)12-10(11)14/h2,4,6,8H,1,3,5,7H2,(H,12,13,14). The van der Waals surface area contributed by atoms with Crippen molar-refractivity contribution in [3.8, 4) is 0 Å². The lowest BCUT2D eigenvalue weighted by Crippen LogP contribution is -2.39. The summed E-state index contributed by atoms with van der Waals surface area (Å²) >= 11 is 1.49. The highest BCUT2D eigenvalue weighted by Crippen LogP contribution is 2.44. The molecule has 0 aromatic carbocycles. The highest BCUT2D eigenvalue weighted by Gasteiger charge is 2.54. The molecule has 2 amide bonds. The molecule has 0 bridgehead atoms. The summed E-state index contributed by atoms with van der Waals surface area (Å²) in [5.74, 6) is 0.197. The van der Waals surface area contributed by atoms with Gasteiger partial charge >= 0.3 is 0 Å². The van der Waals surface area contributed by atoms with Gasteiger partial charge in [0.1, 0.15) is 4.75 Å². The van der Waals surface area contributed by atoms with E-state index in [0.29, 0.717) is 5.75 Å². The molecule has 80 valence electrons. The average Bonchev–Trinajstić information content (AvgIpc) is 2.50. The molecule has 15 heavy (non-hydrogen) atoms. The molecule has 1 N–H and O–H groups in total. The minimum atomic E-state index is -0.663. The number of amides is 2. The fourth-order valence-corrected chi connectivity index (χ4v) is 3.31. The van der Waals surface area contributed by atoms with Crippen molar-refractivity contribution in [1.82, 2.24) is 5.32 Å². The molecule has 1 saturated heterocycles. The fourth-order valence-electron chi connectivity index (χ4n) is 2.12. The topological polar surface area (TPSA) is 46.2 Å². The quantitative estimate of drug-likeness (QED) is 0.579. The summed E-state index contributed by atoms with van der Waals surface area (Å²) in [6, 6.07) is 0. The normalized spacial score (nSPS) is 33.7. The second kappa shape index (κ2) is 3.85. The molecule has 0 radical (unpaired) electrons. The molecule has 1 aliphatic heterocycles. The molecule has 1 aliphatic carbocycles. The van der Waals surface area contributed by atoms with E-state index >= 15 is 0 Å². The van der Waals surface area contributed by atoms with Crippen LogP contribution in [-0.4, -0.2) is 22.3 Å². The van der Waals surface area contributed by atoms with Crippen molar-refractivity contribution < 1.29 is 9.59 Å². The van der Waals surface area contributed by atoms with Crippen LogP contribution in [0.2, 0.25) is 0 Å². The maximum absolute atomic E-state index is 11.8. The van der Waals surface area contributed by atoms with Gasteiger partial charge in [0.15, 0.2) is 0 Å². The first-order valence-electron chi connectivity index (χ1n) is 4.98. The molecule has 0 saturated carbocycles. The fraction of sp³-hybridized carbons (Fsp3) is 0.455. The molecule has 2 aliphatic rings. The molecule has 0 aromatic rings. The SMILES string of the molecule is C=CCSC12C=CCCC1C(=O)NC2=O. The molecular formula is C11H13NO2S. The zero-order valence-electron chi connectivity index (χ0n) is 8.36. The second-order valence-corrected chi connectivity index (χ2v) is 5.04. The lowest BCUT2D eigenvalue weighted by molar-refractivity contribution is -0.125. The Labute approximate surface area is 93.0 Å². The zero-order valence-corrected chi connectivity index (χ0v) is 9.18. The van der Waals surface area contributed by atoms with E-state index in [1.54, 1.807) is 6.08 Å². The van der Waals surface area contributed by atoms with Crippen molar-refractivity contribution in [1.29, 1.82) is 0 Å². The third-order valence-corrected chi connectivity index (χ3v) is 4.34. The number of rotatable bonds is 3. The van der Waals surface area contributed by atoms with E-state index in [1.807, 2.05) is 12.2 Å². The maximum Gasteiger partial charge on any atom is 0.247 e. The Hall–Kier alpha value is -1.03. The third kappa shape index (κ3) is 1.53. The van der Waals surface area contributed by atoms with Crippen LogP contribution in [0.25, 0.3) is 0 Å². The van der Waals surface area contributed by atoms with Crippen LogP contribution in [0.15, 0.2) is 24.8 Å². The lowest BCUT2D eigenvalue weighted by atomic mass is 9.85. The number of hydrogen-bond donors (Lipinski definition) is 1. The van der Waals surface area contributed by atoms with Crippen LogP contribution < -0.4 is 5.32 Å². The number of allylic oxidation sites excluding steroid dienone is 1. The van der Waals surface area contributed by atoms with Gasteiger partial charge in [-0.2, -0.15) is 0 Å². The highest BCUT2D eigenvalue weighted by atomic mass is 32.2. The predicted molar refractivity (Wildman–Crippen MR) is 60.4 cm³/mol. The Bertz CT molecular complexity index is 350. The van der Waals surface area contributed by atoms with E-state index in [0.717, 1.165) is 12.8 Å². The third-order valence-electron chi connectivity index (χ3n) is 2.85. The van der Waals surface area contributed by atoms with Gasteiger partial charge in [0.25, 0.3) is 0 Å². The van der Waals surface area contributed by atoms with Crippen LogP contribution in [0, 0.1) is 5.92 Å². The van der Waals surface area contributed by atoms with Crippen LogP contribution in [0.3, 0.4) is 0 Å². The van der Waals surface area contributed by atoms with Crippen LogP contribution in [0.5, 0.6) is 0 Å². The van der Waals surface area contributed by atoms with Crippen molar-refractivity contribution in [2.75, 3.05) is 5.75 Å². The number of fused-ring (bicyclic) bond motifs is 1. The first-order chi connectivity index (χ1) is 7.20. The van der Waals surface area contributed by atoms with Crippen LogP contribution in [0.1, 0.15) is 12.8 Å². The molecule has 2 rings (SSSR count). The van der Waals surface area contributed by atoms with Gasteiger partial charge in [0.05, 0.1) is 5.92 Å². The number of thioether (sulfide) groups is 1. The monoisotopic (exact) mass is 223 g/mol. The van der Waals surface area contributed by atoms with E-state index in [4.69, 9.17) is 0 Å². The zero-order chi connectivity index (χ0) is 10.9. The van der Waals surface area contributed by atoms with E-state index in [9.17, 15) is 9.59 Å². The summed E-state index contributed by atoms with van der Waals surface area (Å²) in [7, 11) is 0. The minimum Gasteiger partial charge on any atom is -0.295 e. The molecule has 2 atom stereocenters. The summed E-state index contributed by atoms with van der Waals surface area (Å²) in [6.07, 6.45) is 7.27.